The molecule has 0 saturated carbocycles. The molecule has 1 N–H and O–H groups in total. The van der Waals surface area contributed by atoms with Gasteiger partial charge in [-0.1, -0.05) is 58.0 Å². The summed E-state index contributed by atoms with van der Waals surface area (Å²) in [4.78, 5) is 4.71. The second-order valence-corrected chi connectivity index (χ2v) is 7.19. The van der Waals surface area contributed by atoms with Gasteiger partial charge >= 0.3 is 0 Å². The summed E-state index contributed by atoms with van der Waals surface area (Å²) in [6, 6.07) is 10.6. The second-order valence-electron chi connectivity index (χ2n) is 6.34. The van der Waals surface area contributed by atoms with E-state index in [1.54, 1.807) is 11.3 Å². The number of nitrogens with one attached hydrogen (secondary N) is 1. The molecule has 0 spiro atoms. The van der Waals surface area contributed by atoms with Gasteiger partial charge in [0.1, 0.15) is 0 Å². The zero-order chi connectivity index (χ0) is 14.6. The Morgan fingerprint density at radius 3 is 2.50 bits per heavy atom. The third-order valence-corrected chi connectivity index (χ3v) is 4.64. The highest BCUT2D eigenvalue weighted by molar-refractivity contribution is 7.09. The third-order valence-electron chi connectivity index (χ3n) is 3.32. The van der Waals surface area contributed by atoms with Crippen LogP contribution in [-0.2, 0) is 12.0 Å². The van der Waals surface area contributed by atoms with E-state index >= 15 is 0 Å². The molecule has 0 aliphatic carbocycles. The molecule has 1 aromatic heterocycles. The number of aromatic nitrogens is 1. The van der Waals surface area contributed by atoms with E-state index in [1.807, 2.05) is 0 Å². The molecule has 3 heteroatoms. The lowest BCUT2D eigenvalue weighted by atomic mass is 9.98. The lowest BCUT2D eigenvalue weighted by Crippen LogP contribution is -2.20. The van der Waals surface area contributed by atoms with Crippen LogP contribution in [0.2, 0.25) is 0 Å². The maximum absolute atomic E-state index is 4.71. The largest absolute Gasteiger partial charge is 0.311 e. The first-order valence-electron chi connectivity index (χ1n) is 7.17. The molecule has 0 bridgehead atoms. The van der Waals surface area contributed by atoms with Gasteiger partial charge < -0.3 is 5.32 Å². The van der Waals surface area contributed by atoms with Crippen LogP contribution in [0.3, 0.4) is 0 Å². The highest BCUT2D eigenvalue weighted by atomic mass is 32.1. The van der Waals surface area contributed by atoms with E-state index in [0.29, 0.717) is 5.92 Å². The molecule has 108 valence electrons. The van der Waals surface area contributed by atoms with Crippen LogP contribution in [0.5, 0.6) is 0 Å². The van der Waals surface area contributed by atoms with E-state index in [4.69, 9.17) is 4.98 Å². The molecule has 0 amide bonds. The van der Waals surface area contributed by atoms with Gasteiger partial charge in [-0.25, -0.2) is 4.98 Å². The van der Waals surface area contributed by atoms with Crippen molar-refractivity contribution in [2.45, 2.75) is 45.6 Å². The molecule has 20 heavy (non-hydrogen) atoms. The Bertz CT molecular complexity index is 525. The summed E-state index contributed by atoms with van der Waals surface area (Å²) in [5.41, 5.74) is 2.69. The summed E-state index contributed by atoms with van der Waals surface area (Å²) in [5.74, 6) is 0.525. The van der Waals surface area contributed by atoms with Crippen LogP contribution in [0.15, 0.2) is 35.7 Å². The Morgan fingerprint density at radius 1 is 1.20 bits per heavy atom. The Balaban J connectivity index is 1.83. The number of benzene rings is 1. The molecule has 1 heterocycles. The van der Waals surface area contributed by atoms with Gasteiger partial charge in [-0.3, -0.25) is 0 Å². The van der Waals surface area contributed by atoms with Gasteiger partial charge in [0.15, 0.2) is 0 Å². The third kappa shape index (κ3) is 4.15. The number of thiazole rings is 1. The maximum atomic E-state index is 4.71. The fourth-order valence-electron chi connectivity index (χ4n) is 2.05. The van der Waals surface area contributed by atoms with Crippen molar-refractivity contribution in [3.8, 4) is 0 Å². The van der Waals surface area contributed by atoms with Gasteiger partial charge in [0.05, 0.1) is 10.7 Å². The van der Waals surface area contributed by atoms with Crippen molar-refractivity contribution >= 4 is 11.3 Å². The molecule has 0 saturated heterocycles. The van der Waals surface area contributed by atoms with E-state index in [9.17, 15) is 0 Å². The molecule has 2 aromatic rings. The molecular weight excluding hydrogens is 264 g/mol. The summed E-state index contributed by atoms with van der Waals surface area (Å²) in [5, 5.41) is 6.89. The quantitative estimate of drug-likeness (QED) is 0.885. The van der Waals surface area contributed by atoms with Crippen molar-refractivity contribution in [3.63, 3.8) is 0 Å². The Kier molecular flexibility index (Phi) is 4.95. The lowest BCUT2D eigenvalue weighted by molar-refractivity contribution is 0.574. The minimum absolute atomic E-state index is 0.153. The summed E-state index contributed by atoms with van der Waals surface area (Å²) in [7, 11) is 0. The average Bonchev–Trinajstić information content (AvgIpc) is 2.88. The molecule has 0 fully saturated rings. The zero-order valence-corrected chi connectivity index (χ0v) is 13.6. The highest BCUT2D eigenvalue weighted by Crippen LogP contribution is 2.25. The molecule has 1 unspecified atom stereocenters. The highest BCUT2D eigenvalue weighted by Gasteiger charge is 2.17. The van der Waals surface area contributed by atoms with Crippen molar-refractivity contribution < 1.29 is 0 Å². The van der Waals surface area contributed by atoms with Crippen LogP contribution < -0.4 is 5.32 Å². The van der Waals surface area contributed by atoms with Gasteiger partial charge in [-0.15, -0.1) is 11.3 Å². The Hall–Kier alpha value is -1.19. The summed E-state index contributed by atoms with van der Waals surface area (Å²) in [6.07, 6.45) is 0. The number of hydrogen-bond acceptors (Lipinski definition) is 3. The van der Waals surface area contributed by atoms with Gasteiger partial charge in [0.2, 0.25) is 0 Å². The molecule has 1 atom stereocenters. The second kappa shape index (κ2) is 6.51. The monoisotopic (exact) mass is 288 g/mol. The van der Waals surface area contributed by atoms with Crippen molar-refractivity contribution in [1.82, 2.24) is 10.3 Å². The molecule has 0 radical (unpaired) electrons. The maximum Gasteiger partial charge on any atom is 0.0982 e. The molecule has 1 aromatic carbocycles. The minimum Gasteiger partial charge on any atom is -0.311 e. The molecule has 2 rings (SSSR count). The number of nitrogens with zero attached hydrogens (tertiary/aromatic N) is 1. The van der Waals surface area contributed by atoms with Crippen LogP contribution in [0.25, 0.3) is 0 Å². The van der Waals surface area contributed by atoms with E-state index in [2.05, 4.69) is 68.7 Å². The first kappa shape index (κ1) is 15.2. The lowest BCUT2D eigenvalue weighted by Gasteiger charge is -2.14. The normalized spacial score (nSPS) is 13.4. The van der Waals surface area contributed by atoms with Crippen LogP contribution >= 0.6 is 11.3 Å². The minimum atomic E-state index is 0.153. The van der Waals surface area contributed by atoms with Crippen molar-refractivity contribution in [2.24, 2.45) is 0 Å². The SMILES string of the molecule is CC(CNCc1csc(C(C)(C)C)n1)c1ccccc1. The Labute approximate surface area is 126 Å². The van der Waals surface area contributed by atoms with Crippen LogP contribution in [0.1, 0.15) is 49.9 Å². The van der Waals surface area contributed by atoms with Crippen molar-refractivity contribution in [3.05, 3.63) is 52.0 Å². The van der Waals surface area contributed by atoms with Gasteiger partial charge in [-0.05, 0) is 11.5 Å². The fraction of sp³-hybridized carbons (Fsp3) is 0.471. The first-order chi connectivity index (χ1) is 9.47. The van der Waals surface area contributed by atoms with E-state index in [1.165, 1.54) is 10.6 Å². The van der Waals surface area contributed by atoms with Crippen LogP contribution in [-0.4, -0.2) is 11.5 Å². The van der Waals surface area contributed by atoms with E-state index < -0.39 is 0 Å². The van der Waals surface area contributed by atoms with Crippen molar-refractivity contribution in [1.29, 1.82) is 0 Å². The summed E-state index contributed by atoms with van der Waals surface area (Å²) in [6.45, 7) is 10.7. The smallest absolute Gasteiger partial charge is 0.0982 e. The standard InChI is InChI=1S/C17H24N2S/c1-13(14-8-6-5-7-9-14)10-18-11-15-12-20-16(19-15)17(2,3)4/h5-9,12-13,18H,10-11H2,1-4H3. The molecule has 0 aliphatic heterocycles. The van der Waals surface area contributed by atoms with Gasteiger partial charge in [-0.2, -0.15) is 0 Å². The number of hydrogen-bond donors (Lipinski definition) is 1. The van der Waals surface area contributed by atoms with Crippen LogP contribution in [0.4, 0.5) is 0 Å². The van der Waals surface area contributed by atoms with Gasteiger partial charge in [0, 0.05) is 23.9 Å². The van der Waals surface area contributed by atoms with E-state index in [-0.39, 0.29) is 5.41 Å². The van der Waals surface area contributed by atoms with Crippen LogP contribution in [0, 0.1) is 0 Å². The topological polar surface area (TPSA) is 24.9 Å². The summed E-state index contributed by atoms with van der Waals surface area (Å²) < 4.78 is 0. The van der Waals surface area contributed by atoms with Crippen molar-refractivity contribution in [2.75, 3.05) is 6.54 Å². The zero-order valence-electron chi connectivity index (χ0n) is 12.8. The van der Waals surface area contributed by atoms with E-state index in [0.717, 1.165) is 18.8 Å². The fourth-order valence-corrected chi connectivity index (χ4v) is 2.96. The molecule has 2 nitrogen and oxygen atoms in total. The number of rotatable bonds is 5. The van der Waals surface area contributed by atoms with Gasteiger partial charge in [0.25, 0.3) is 0 Å². The molecule has 0 aliphatic rings. The molecular formula is C17H24N2S. The Morgan fingerprint density at radius 2 is 1.90 bits per heavy atom. The predicted molar refractivity (Wildman–Crippen MR) is 87.4 cm³/mol. The average molecular weight is 288 g/mol. The summed E-state index contributed by atoms with van der Waals surface area (Å²) >= 11 is 1.76. The predicted octanol–water partition coefficient (Wildman–Crippen LogP) is 4.33. The first-order valence-corrected chi connectivity index (χ1v) is 8.05.